The summed E-state index contributed by atoms with van der Waals surface area (Å²) in [6, 6.07) is 0. The molecule has 0 aromatic carbocycles. The van der Waals surface area contributed by atoms with E-state index >= 15 is 0 Å². The summed E-state index contributed by atoms with van der Waals surface area (Å²) in [5.41, 5.74) is 1.20. The van der Waals surface area contributed by atoms with Gasteiger partial charge in [0.1, 0.15) is 6.29 Å². The zero-order chi connectivity index (χ0) is 7.82. The van der Waals surface area contributed by atoms with E-state index in [1.807, 2.05) is 6.92 Å². The SMILES string of the molecule is CCCCC/C(C)=C/C=O. The normalized spacial score (nSPS) is 11.6. The lowest BCUT2D eigenvalue weighted by molar-refractivity contribution is -0.104. The van der Waals surface area contributed by atoms with Crippen LogP contribution >= 0.6 is 0 Å². The summed E-state index contributed by atoms with van der Waals surface area (Å²) in [6.07, 6.45) is 7.31. The monoisotopic (exact) mass is 140 g/mol. The molecule has 0 aliphatic heterocycles. The molecule has 0 aliphatic rings. The van der Waals surface area contributed by atoms with E-state index in [4.69, 9.17) is 0 Å². The summed E-state index contributed by atoms with van der Waals surface area (Å²) < 4.78 is 0. The summed E-state index contributed by atoms with van der Waals surface area (Å²) in [6.45, 7) is 4.18. The van der Waals surface area contributed by atoms with Crippen LogP contribution in [0.15, 0.2) is 11.6 Å². The molecule has 0 saturated heterocycles. The van der Waals surface area contributed by atoms with Crippen LogP contribution in [0.25, 0.3) is 0 Å². The average molecular weight is 140 g/mol. The third-order valence-corrected chi connectivity index (χ3v) is 1.53. The standard InChI is InChI=1S/C9H16O/c1-3-4-5-6-9(2)7-8-10/h7-8H,3-6H2,1-2H3/b9-7+. The number of rotatable bonds is 5. The number of unbranched alkanes of at least 4 members (excludes halogenated alkanes) is 2. The Hall–Kier alpha value is -0.590. The maximum atomic E-state index is 9.97. The largest absolute Gasteiger partial charge is 0.299 e. The minimum absolute atomic E-state index is 0.862. The maximum Gasteiger partial charge on any atom is 0.142 e. The first-order valence-electron chi connectivity index (χ1n) is 3.92. The van der Waals surface area contributed by atoms with Crippen LogP contribution in [-0.2, 0) is 4.79 Å². The van der Waals surface area contributed by atoms with Crippen LogP contribution in [0.5, 0.6) is 0 Å². The van der Waals surface area contributed by atoms with Crippen molar-refractivity contribution >= 4 is 6.29 Å². The molecule has 10 heavy (non-hydrogen) atoms. The van der Waals surface area contributed by atoms with Gasteiger partial charge >= 0.3 is 0 Å². The predicted octanol–water partition coefficient (Wildman–Crippen LogP) is 2.71. The van der Waals surface area contributed by atoms with Crippen LogP contribution < -0.4 is 0 Å². The van der Waals surface area contributed by atoms with Gasteiger partial charge in [0.2, 0.25) is 0 Å². The van der Waals surface area contributed by atoms with Crippen molar-refractivity contribution in [2.75, 3.05) is 0 Å². The highest BCUT2D eigenvalue weighted by molar-refractivity contribution is 5.65. The molecule has 1 heteroatoms. The van der Waals surface area contributed by atoms with E-state index < -0.39 is 0 Å². The summed E-state index contributed by atoms with van der Waals surface area (Å²) in [5, 5.41) is 0. The van der Waals surface area contributed by atoms with Gasteiger partial charge in [-0.25, -0.2) is 0 Å². The minimum Gasteiger partial charge on any atom is -0.299 e. The summed E-state index contributed by atoms with van der Waals surface area (Å²) in [7, 11) is 0. The van der Waals surface area contributed by atoms with E-state index in [9.17, 15) is 4.79 Å². The Bertz CT molecular complexity index is 114. The molecule has 0 bridgehead atoms. The van der Waals surface area contributed by atoms with Crippen molar-refractivity contribution in [2.45, 2.75) is 39.5 Å². The second-order valence-corrected chi connectivity index (χ2v) is 2.61. The minimum atomic E-state index is 0.862. The number of hydrogen-bond acceptors (Lipinski definition) is 1. The Kier molecular flexibility index (Phi) is 6.14. The van der Waals surface area contributed by atoms with E-state index in [1.165, 1.54) is 24.8 Å². The molecule has 0 radical (unpaired) electrons. The summed E-state index contributed by atoms with van der Waals surface area (Å²) >= 11 is 0. The second kappa shape index (κ2) is 6.53. The Morgan fingerprint density at radius 3 is 2.60 bits per heavy atom. The average Bonchev–Trinajstić information content (AvgIpc) is 1.89. The first-order chi connectivity index (χ1) is 4.81. The molecule has 0 amide bonds. The van der Waals surface area contributed by atoms with Gasteiger partial charge in [0.15, 0.2) is 0 Å². The van der Waals surface area contributed by atoms with Gasteiger partial charge in [-0.1, -0.05) is 25.3 Å². The first-order valence-corrected chi connectivity index (χ1v) is 3.92. The first kappa shape index (κ1) is 9.41. The third kappa shape index (κ3) is 5.54. The molecule has 0 aromatic heterocycles. The number of carbonyl (C=O) groups is 1. The van der Waals surface area contributed by atoms with E-state index in [-0.39, 0.29) is 0 Å². The Balaban J connectivity index is 3.29. The van der Waals surface area contributed by atoms with Gasteiger partial charge in [0, 0.05) is 0 Å². The highest BCUT2D eigenvalue weighted by atomic mass is 16.1. The summed E-state index contributed by atoms with van der Waals surface area (Å²) in [5.74, 6) is 0. The molecule has 0 rings (SSSR count). The predicted molar refractivity (Wildman–Crippen MR) is 44.0 cm³/mol. The fourth-order valence-electron chi connectivity index (χ4n) is 0.853. The van der Waals surface area contributed by atoms with Crippen LogP contribution in [0, 0.1) is 0 Å². The number of aldehydes is 1. The van der Waals surface area contributed by atoms with Crippen LogP contribution in [0.1, 0.15) is 39.5 Å². The van der Waals surface area contributed by atoms with Gasteiger partial charge in [0.05, 0.1) is 0 Å². The highest BCUT2D eigenvalue weighted by Gasteiger charge is 1.88. The van der Waals surface area contributed by atoms with Crippen molar-refractivity contribution in [1.29, 1.82) is 0 Å². The molecule has 0 aliphatic carbocycles. The van der Waals surface area contributed by atoms with Gasteiger partial charge in [0.25, 0.3) is 0 Å². The number of allylic oxidation sites excluding steroid dienone is 2. The van der Waals surface area contributed by atoms with Crippen molar-refractivity contribution in [3.8, 4) is 0 Å². The molecule has 0 saturated carbocycles. The molecule has 0 spiro atoms. The Morgan fingerprint density at radius 2 is 2.10 bits per heavy atom. The van der Waals surface area contributed by atoms with Crippen molar-refractivity contribution in [2.24, 2.45) is 0 Å². The zero-order valence-corrected chi connectivity index (χ0v) is 6.89. The molecule has 1 nitrogen and oxygen atoms in total. The van der Waals surface area contributed by atoms with Crippen molar-refractivity contribution in [3.05, 3.63) is 11.6 Å². The highest BCUT2D eigenvalue weighted by Crippen LogP contribution is 2.06. The lowest BCUT2D eigenvalue weighted by atomic mass is 10.1. The lowest BCUT2D eigenvalue weighted by Crippen LogP contribution is -1.78. The Labute approximate surface area is 63.1 Å². The maximum absolute atomic E-state index is 9.97. The van der Waals surface area contributed by atoms with Crippen LogP contribution in [-0.4, -0.2) is 6.29 Å². The van der Waals surface area contributed by atoms with E-state index in [0.717, 1.165) is 12.7 Å². The molecular weight excluding hydrogens is 124 g/mol. The molecule has 0 heterocycles. The quantitative estimate of drug-likeness (QED) is 0.326. The van der Waals surface area contributed by atoms with Gasteiger partial charge in [-0.3, -0.25) is 4.79 Å². The topological polar surface area (TPSA) is 17.1 Å². The second-order valence-electron chi connectivity index (χ2n) is 2.61. The van der Waals surface area contributed by atoms with Crippen molar-refractivity contribution in [3.63, 3.8) is 0 Å². The van der Waals surface area contributed by atoms with Gasteiger partial charge in [-0.15, -0.1) is 0 Å². The van der Waals surface area contributed by atoms with E-state index in [2.05, 4.69) is 6.92 Å². The third-order valence-electron chi connectivity index (χ3n) is 1.53. The molecule has 58 valence electrons. The van der Waals surface area contributed by atoms with Crippen LogP contribution in [0.3, 0.4) is 0 Å². The van der Waals surface area contributed by atoms with Crippen LogP contribution in [0.4, 0.5) is 0 Å². The van der Waals surface area contributed by atoms with Gasteiger partial charge in [-0.05, 0) is 25.8 Å². The molecule has 0 unspecified atom stereocenters. The fraction of sp³-hybridized carbons (Fsp3) is 0.667. The van der Waals surface area contributed by atoms with Crippen molar-refractivity contribution in [1.82, 2.24) is 0 Å². The Morgan fingerprint density at radius 1 is 1.40 bits per heavy atom. The molecule has 0 N–H and O–H groups in total. The smallest absolute Gasteiger partial charge is 0.142 e. The van der Waals surface area contributed by atoms with E-state index in [0.29, 0.717) is 0 Å². The van der Waals surface area contributed by atoms with Crippen molar-refractivity contribution < 1.29 is 4.79 Å². The summed E-state index contributed by atoms with van der Waals surface area (Å²) in [4.78, 5) is 9.97. The molecular formula is C9H16O. The van der Waals surface area contributed by atoms with Gasteiger partial charge in [-0.2, -0.15) is 0 Å². The zero-order valence-electron chi connectivity index (χ0n) is 6.89. The fourth-order valence-corrected chi connectivity index (χ4v) is 0.853. The van der Waals surface area contributed by atoms with Crippen LogP contribution in [0.2, 0.25) is 0 Å². The molecule has 0 aromatic rings. The number of carbonyl (C=O) groups excluding carboxylic acids is 1. The molecule has 0 atom stereocenters. The van der Waals surface area contributed by atoms with E-state index in [1.54, 1.807) is 6.08 Å². The number of hydrogen-bond donors (Lipinski definition) is 0. The molecule has 0 fully saturated rings. The lowest BCUT2D eigenvalue weighted by Gasteiger charge is -1.96. The van der Waals surface area contributed by atoms with Gasteiger partial charge < -0.3 is 0 Å².